The molecule has 0 fully saturated rings. The van der Waals surface area contributed by atoms with Gasteiger partial charge in [0.25, 0.3) is 0 Å². The van der Waals surface area contributed by atoms with Crippen LogP contribution in [0.4, 0.5) is 0 Å². The van der Waals surface area contributed by atoms with Crippen LogP contribution in [0.25, 0.3) is 0 Å². The summed E-state index contributed by atoms with van der Waals surface area (Å²) in [4.78, 5) is 12.1. The molecule has 1 rings (SSSR count). The van der Waals surface area contributed by atoms with E-state index in [1.54, 1.807) is 35.0 Å². The van der Waals surface area contributed by atoms with Gasteiger partial charge in [0.15, 0.2) is 17.3 Å². The van der Waals surface area contributed by atoms with Crippen molar-refractivity contribution in [3.8, 4) is 17.6 Å². The molecule has 5 nitrogen and oxygen atoms in total. The van der Waals surface area contributed by atoms with Crippen LogP contribution in [0.3, 0.4) is 0 Å². The Morgan fingerprint density at radius 1 is 1.26 bits per heavy atom. The number of benzene rings is 1. The van der Waals surface area contributed by atoms with E-state index in [1.165, 1.54) is 6.20 Å². The van der Waals surface area contributed by atoms with Crippen molar-refractivity contribution in [3.05, 3.63) is 35.5 Å². The third kappa shape index (κ3) is 5.33. The third-order valence-electron chi connectivity index (χ3n) is 3.30. The Kier molecular flexibility index (Phi) is 6.65. The van der Waals surface area contributed by atoms with Crippen LogP contribution in [-0.4, -0.2) is 26.5 Å². The number of nitrogens with zero attached hydrogens (tertiary/aromatic N) is 1. The summed E-state index contributed by atoms with van der Waals surface area (Å²) < 4.78 is 10.5. The van der Waals surface area contributed by atoms with E-state index in [4.69, 9.17) is 14.7 Å². The Bertz CT molecular complexity index is 622. The summed E-state index contributed by atoms with van der Waals surface area (Å²) in [6, 6.07) is 7.68. The van der Waals surface area contributed by atoms with Gasteiger partial charge in [-0.25, -0.2) is 0 Å². The predicted molar refractivity (Wildman–Crippen MR) is 89.4 cm³/mol. The maximum atomic E-state index is 12.1. The van der Waals surface area contributed by atoms with E-state index in [0.717, 1.165) is 12.0 Å². The lowest BCUT2D eigenvalue weighted by Crippen LogP contribution is -2.23. The lowest BCUT2D eigenvalue weighted by Gasteiger charge is -2.15. The highest BCUT2D eigenvalue weighted by Gasteiger charge is 2.24. The summed E-state index contributed by atoms with van der Waals surface area (Å²) in [6.45, 7) is 6.00. The number of ketones is 1. The number of Topliss-reactive ketones (excluding diaryl/α,β-unsaturated/α-hetero) is 1. The molecule has 5 heteroatoms. The van der Waals surface area contributed by atoms with Gasteiger partial charge in [0.05, 0.1) is 14.2 Å². The third-order valence-corrected chi connectivity index (χ3v) is 3.30. The zero-order valence-electron chi connectivity index (χ0n) is 14.4. The van der Waals surface area contributed by atoms with Crippen molar-refractivity contribution in [1.29, 1.82) is 5.26 Å². The van der Waals surface area contributed by atoms with Gasteiger partial charge < -0.3 is 14.8 Å². The number of carbonyl (C=O) groups is 1. The number of allylic oxidation sites excluding steroid dienone is 1. The van der Waals surface area contributed by atoms with Crippen molar-refractivity contribution in [2.75, 3.05) is 20.8 Å². The number of nitriles is 1. The summed E-state index contributed by atoms with van der Waals surface area (Å²) >= 11 is 0. The van der Waals surface area contributed by atoms with E-state index in [9.17, 15) is 4.79 Å². The fourth-order valence-corrected chi connectivity index (χ4v) is 1.98. The Morgan fingerprint density at radius 2 is 1.91 bits per heavy atom. The Balaban J connectivity index is 2.65. The van der Waals surface area contributed by atoms with Crippen molar-refractivity contribution in [2.24, 2.45) is 5.41 Å². The van der Waals surface area contributed by atoms with Gasteiger partial charge in [-0.05, 0) is 24.1 Å². The minimum absolute atomic E-state index is 0.143. The monoisotopic (exact) mass is 316 g/mol. The molecule has 0 saturated carbocycles. The van der Waals surface area contributed by atoms with Crippen molar-refractivity contribution in [2.45, 2.75) is 27.2 Å². The van der Waals surface area contributed by atoms with E-state index in [1.807, 2.05) is 24.3 Å². The van der Waals surface area contributed by atoms with E-state index in [-0.39, 0.29) is 11.4 Å². The largest absolute Gasteiger partial charge is 0.493 e. The van der Waals surface area contributed by atoms with Gasteiger partial charge in [-0.15, -0.1) is 0 Å². The maximum absolute atomic E-state index is 12.1. The normalized spacial score (nSPS) is 11.6. The average Bonchev–Trinajstić information content (AvgIpc) is 2.53. The first-order valence-corrected chi connectivity index (χ1v) is 7.42. The van der Waals surface area contributed by atoms with Crippen molar-refractivity contribution >= 4 is 5.78 Å². The van der Waals surface area contributed by atoms with Crippen molar-refractivity contribution < 1.29 is 14.3 Å². The minimum atomic E-state index is -0.563. The molecule has 0 radical (unpaired) electrons. The molecule has 1 aromatic rings. The molecular weight excluding hydrogens is 292 g/mol. The Hall–Kier alpha value is -2.48. The topological polar surface area (TPSA) is 71.3 Å². The molecule has 1 N–H and O–H groups in total. The molecule has 124 valence electrons. The second-order valence-corrected chi connectivity index (χ2v) is 6.14. The first-order chi connectivity index (χ1) is 10.8. The fraction of sp³-hybridized carbons (Fsp3) is 0.444. The summed E-state index contributed by atoms with van der Waals surface area (Å²) in [5.41, 5.74) is 0.654. The highest BCUT2D eigenvalue weighted by Crippen LogP contribution is 2.27. The number of hydrogen-bond donors (Lipinski definition) is 1. The smallest absolute Gasteiger partial charge is 0.180 e. The quantitative estimate of drug-likeness (QED) is 0.476. The lowest BCUT2D eigenvalue weighted by molar-refractivity contribution is -0.122. The van der Waals surface area contributed by atoms with Crippen LogP contribution in [0, 0.1) is 16.7 Å². The minimum Gasteiger partial charge on any atom is -0.493 e. The van der Waals surface area contributed by atoms with Crippen LogP contribution in [0.5, 0.6) is 11.5 Å². The van der Waals surface area contributed by atoms with Gasteiger partial charge in [0.2, 0.25) is 0 Å². The fourth-order valence-electron chi connectivity index (χ4n) is 1.98. The van der Waals surface area contributed by atoms with E-state index < -0.39 is 5.41 Å². The van der Waals surface area contributed by atoms with E-state index in [0.29, 0.717) is 18.0 Å². The van der Waals surface area contributed by atoms with Crippen LogP contribution in [0.2, 0.25) is 0 Å². The number of methoxy groups -OCH3 is 2. The second kappa shape index (κ2) is 8.23. The molecule has 0 unspecified atom stereocenters. The number of nitrogens with one attached hydrogen (secondary N) is 1. The van der Waals surface area contributed by atoms with E-state index >= 15 is 0 Å². The SMILES string of the molecule is COc1ccc(CCNC=C(C#N)C(=O)C(C)(C)C)cc1OC. The number of hydrogen-bond acceptors (Lipinski definition) is 5. The van der Waals surface area contributed by atoms with Gasteiger partial charge in [-0.3, -0.25) is 4.79 Å². The van der Waals surface area contributed by atoms with Gasteiger partial charge >= 0.3 is 0 Å². The highest BCUT2D eigenvalue weighted by atomic mass is 16.5. The first kappa shape index (κ1) is 18.6. The molecule has 0 aliphatic rings. The molecule has 0 saturated heterocycles. The number of rotatable bonds is 7. The van der Waals surface area contributed by atoms with Crippen LogP contribution in [-0.2, 0) is 11.2 Å². The van der Waals surface area contributed by atoms with Gasteiger partial charge in [-0.1, -0.05) is 26.8 Å². The molecule has 0 atom stereocenters. The van der Waals surface area contributed by atoms with Gasteiger partial charge in [0, 0.05) is 18.2 Å². The van der Waals surface area contributed by atoms with E-state index in [2.05, 4.69) is 5.32 Å². The van der Waals surface area contributed by atoms with Crippen LogP contribution < -0.4 is 14.8 Å². The summed E-state index contributed by atoms with van der Waals surface area (Å²) in [5, 5.41) is 12.1. The predicted octanol–water partition coefficient (Wildman–Crippen LogP) is 2.86. The molecule has 0 aliphatic carbocycles. The zero-order chi connectivity index (χ0) is 17.5. The second-order valence-electron chi connectivity index (χ2n) is 6.14. The Morgan fingerprint density at radius 3 is 2.43 bits per heavy atom. The van der Waals surface area contributed by atoms with Crippen molar-refractivity contribution in [1.82, 2.24) is 5.32 Å². The summed E-state index contributed by atoms with van der Waals surface area (Å²) in [7, 11) is 3.19. The molecule has 0 bridgehead atoms. The molecule has 23 heavy (non-hydrogen) atoms. The molecule has 0 heterocycles. The van der Waals surface area contributed by atoms with Crippen LogP contribution >= 0.6 is 0 Å². The molecule has 0 aromatic heterocycles. The van der Waals surface area contributed by atoms with Crippen molar-refractivity contribution in [3.63, 3.8) is 0 Å². The molecule has 0 spiro atoms. The highest BCUT2D eigenvalue weighted by molar-refractivity contribution is 6.02. The zero-order valence-corrected chi connectivity index (χ0v) is 14.4. The van der Waals surface area contributed by atoms with Gasteiger partial charge in [0.1, 0.15) is 11.6 Å². The molecule has 0 amide bonds. The summed E-state index contributed by atoms with van der Waals surface area (Å²) in [5.74, 6) is 1.20. The lowest BCUT2D eigenvalue weighted by atomic mass is 9.87. The molecular formula is C18H24N2O3. The molecule has 0 aliphatic heterocycles. The van der Waals surface area contributed by atoms with Crippen LogP contribution in [0.1, 0.15) is 26.3 Å². The summed E-state index contributed by atoms with van der Waals surface area (Å²) in [6.07, 6.45) is 2.23. The Labute approximate surface area is 137 Å². The maximum Gasteiger partial charge on any atom is 0.180 e. The molecule has 1 aromatic carbocycles. The first-order valence-electron chi connectivity index (χ1n) is 7.42. The van der Waals surface area contributed by atoms with Gasteiger partial charge in [-0.2, -0.15) is 5.26 Å². The number of carbonyl (C=O) groups excluding carboxylic acids is 1. The standard InChI is InChI=1S/C18H24N2O3/c1-18(2,3)17(21)14(11-19)12-20-9-8-13-6-7-15(22-4)16(10-13)23-5/h6-7,10,12,20H,8-9H2,1-5H3. The average molecular weight is 316 g/mol. The van der Waals surface area contributed by atoms with Crippen LogP contribution in [0.15, 0.2) is 30.0 Å². The number of ether oxygens (including phenoxy) is 2.